The van der Waals surface area contributed by atoms with E-state index in [1.165, 1.54) is 5.56 Å². The lowest BCUT2D eigenvalue weighted by atomic mass is 10.1. The highest BCUT2D eigenvalue weighted by Crippen LogP contribution is 2.11. The zero-order valence-electron chi connectivity index (χ0n) is 13.0. The zero-order chi connectivity index (χ0) is 15.8. The monoisotopic (exact) mass is 305 g/mol. The van der Waals surface area contributed by atoms with Gasteiger partial charge in [0.05, 0.1) is 13.7 Å². The van der Waals surface area contributed by atoms with Gasteiger partial charge in [-0.3, -0.25) is 9.59 Å². The van der Waals surface area contributed by atoms with Gasteiger partial charge < -0.3 is 19.9 Å². The largest absolute Gasteiger partial charge is 0.497 e. The smallest absolute Gasteiger partial charge is 0.236 e. The summed E-state index contributed by atoms with van der Waals surface area (Å²) >= 11 is 0. The third kappa shape index (κ3) is 4.73. The van der Waals surface area contributed by atoms with Crippen LogP contribution in [-0.2, 0) is 16.0 Å². The fraction of sp³-hybridized carbons (Fsp3) is 0.500. The Labute approximate surface area is 131 Å². The minimum atomic E-state index is 0.0975. The average Bonchev–Trinajstić information content (AvgIpc) is 2.59. The first kappa shape index (κ1) is 16.3. The van der Waals surface area contributed by atoms with E-state index < -0.39 is 0 Å². The van der Waals surface area contributed by atoms with Gasteiger partial charge in [-0.1, -0.05) is 12.1 Å². The lowest BCUT2D eigenvalue weighted by Gasteiger charge is -2.32. The highest BCUT2D eigenvalue weighted by molar-refractivity contribution is 5.78. The minimum absolute atomic E-state index is 0.0975. The summed E-state index contributed by atoms with van der Waals surface area (Å²) in [7, 11) is 1.65. The molecule has 1 heterocycles. The van der Waals surface area contributed by atoms with Gasteiger partial charge in [-0.15, -0.1) is 0 Å². The first-order chi connectivity index (χ1) is 10.7. The summed E-state index contributed by atoms with van der Waals surface area (Å²) in [5.74, 6) is 0.946. The number of rotatable bonds is 7. The first-order valence-electron chi connectivity index (χ1n) is 7.53. The molecule has 0 aliphatic carbocycles. The second kappa shape index (κ2) is 8.38. The number of ether oxygens (including phenoxy) is 1. The van der Waals surface area contributed by atoms with E-state index in [0.717, 1.165) is 25.1 Å². The van der Waals surface area contributed by atoms with E-state index in [1.54, 1.807) is 16.9 Å². The highest BCUT2D eigenvalue weighted by atomic mass is 16.5. The molecule has 0 bridgehead atoms. The van der Waals surface area contributed by atoms with Crippen molar-refractivity contribution in [2.75, 3.05) is 46.4 Å². The Bertz CT molecular complexity index is 482. The van der Waals surface area contributed by atoms with Crippen molar-refractivity contribution in [3.8, 4) is 5.75 Å². The Hall–Kier alpha value is -2.08. The molecule has 1 fully saturated rings. The fourth-order valence-corrected chi connectivity index (χ4v) is 2.41. The Morgan fingerprint density at radius 3 is 2.50 bits per heavy atom. The predicted octanol–water partition coefficient (Wildman–Crippen LogP) is 0.128. The van der Waals surface area contributed by atoms with E-state index in [1.807, 2.05) is 24.3 Å². The van der Waals surface area contributed by atoms with Gasteiger partial charge in [0.2, 0.25) is 12.3 Å². The van der Waals surface area contributed by atoms with Crippen LogP contribution in [0.1, 0.15) is 5.56 Å². The molecular weight excluding hydrogens is 282 g/mol. The van der Waals surface area contributed by atoms with Gasteiger partial charge in [-0.2, -0.15) is 0 Å². The van der Waals surface area contributed by atoms with E-state index in [0.29, 0.717) is 32.7 Å². The fourth-order valence-electron chi connectivity index (χ4n) is 2.41. The number of piperazine rings is 1. The lowest BCUT2D eigenvalue weighted by molar-refractivity contribution is -0.134. The lowest BCUT2D eigenvalue weighted by Crippen LogP contribution is -2.50. The predicted molar refractivity (Wildman–Crippen MR) is 83.8 cm³/mol. The molecule has 0 atom stereocenters. The van der Waals surface area contributed by atoms with Crippen molar-refractivity contribution < 1.29 is 14.3 Å². The molecule has 6 nitrogen and oxygen atoms in total. The number of carbonyl (C=O) groups excluding carboxylic acids is 2. The Balaban J connectivity index is 1.63. The molecule has 1 aromatic carbocycles. The number of methoxy groups -OCH3 is 1. The second-order valence-electron chi connectivity index (χ2n) is 5.30. The van der Waals surface area contributed by atoms with Crippen molar-refractivity contribution in [3.63, 3.8) is 0 Å². The third-order valence-electron chi connectivity index (χ3n) is 3.84. The molecule has 1 aliphatic rings. The van der Waals surface area contributed by atoms with Crippen LogP contribution in [0.25, 0.3) is 0 Å². The number of hydrogen-bond acceptors (Lipinski definition) is 4. The number of carbonyl (C=O) groups is 2. The number of hydrogen-bond donors (Lipinski definition) is 1. The van der Waals surface area contributed by atoms with Gasteiger partial charge >= 0.3 is 0 Å². The Morgan fingerprint density at radius 2 is 1.91 bits per heavy atom. The second-order valence-corrected chi connectivity index (χ2v) is 5.30. The summed E-state index contributed by atoms with van der Waals surface area (Å²) in [6, 6.07) is 7.93. The summed E-state index contributed by atoms with van der Waals surface area (Å²) in [5.41, 5.74) is 1.21. The Morgan fingerprint density at radius 1 is 1.23 bits per heavy atom. The van der Waals surface area contributed by atoms with Crippen LogP contribution in [0.15, 0.2) is 24.3 Å². The minimum Gasteiger partial charge on any atom is -0.497 e. The molecule has 0 saturated carbocycles. The molecule has 120 valence electrons. The van der Waals surface area contributed by atoms with Crippen molar-refractivity contribution >= 4 is 12.3 Å². The van der Waals surface area contributed by atoms with Crippen LogP contribution in [0.2, 0.25) is 0 Å². The molecule has 1 saturated heterocycles. The van der Waals surface area contributed by atoms with Crippen LogP contribution >= 0.6 is 0 Å². The van der Waals surface area contributed by atoms with Gasteiger partial charge in [0, 0.05) is 26.2 Å². The van der Waals surface area contributed by atoms with Crippen LogP contribution in [0.3, 0.4) is 0 Å². The van der Waals surface area contributed by atoms with Crippen LogP contribution in [0, 0.1) is 0 Å². The van der Waals surface area contributed by atoms with Crippen LogP contribution in [-0.4, -0.2) is 68.5 Å². The molecule has 1 aromatic rings. The van der Waals surface area contributed by atoms with E-state index in [4.69, 9.17) is 4.74 Å². The number of nitrogens with one attached hydrogen (secondary N) is 1. The summed E-state index contributed by atoms with van der Waals surface area (Å²) in [5, 5.41) is 3.18. The molecule has 0 spiro atoms. The van der Waals surface area contributed by atoms with Gasteiger partial charge in [-0.25, -0.2) is 0 Å². The van der Waals surface area contributed by atoms with Crippen LogP contribution in [0.4, 0.5) is 0 Å². The molecule has 22 heavy (non-hydrogen) atoms. The summed E-state index contributed by atoms with van der Waals surface area (Å²) < 4.78 is 5.12. The number of amides is 2. The molecule has 0 radical (unpaired) electrons. The normalized spacial score (nSPS) is 14.8. The maximum Gasteiger partial charge on any atom is 0.236 e. The molecule has 2 rings (SSSR count). The summed E-state index contributed by atoms with van der Waals surface area (Å²) in [4.78, 5) is 26.2. The quantitative estimate of drug-likeness (QED) is 0.574. The standard InChI is InChI=1S/C16H23N3O3/c1-22-15-4-2-14(3-5-15)6-7-17-12-16(21)19-10-8-18(13-20)9-11-19/h2-5,13,17H,6-12H2,1H3. The van der Waals surface area contributed by atoms with E-state index in [9.17, 15) is 9.59 Å². The van der Waals surface area contributed by atoms with Crippen LogP contribution in [0.5, 0.6) is 5.75 Å². The zero-order valence-corrected chi connectivity index (χ0v) is 13.0. The van der Waals surface area contributed by atoms with Crippen LogP contribution < -0.4 is 10.1 Å². The first-order valence-corrected chi connectivity index (χ1v) is 7.53. The molecule has 0 aromatic heterocycles. The van der Waals surface area contributed by atoms with Gasteiger partial charge in [-0.05, 0) is 30.7 Å². The topological polar surface area (TPSA) is 61.9 Å². The van der Waals surface area contributed by atoms with Crippen molar-refractivity contribution in [3.05, 3.63) is 29.8 Å². The molecule has 2 amide bonds. The molecule has 0 unspecified atom stereocenters. The highest BCUT2D eigenvalue weighted by Gasteiger charge is 2.19. The van der Waals surface area contributed by atoms with Crippen molar-refractivity contribution in [2.45, 2.75) is 6.42 Å². The Kier molecular flexibility index (Phi) is 6.21. The number of nitrogens with zero attached hydrogens (tertiary/aromatic N) is 2. The van der Waals surface area contributed by atoms with E-state index in [-0.39, 0.29) is 5.91 Å². The van der Waals surface area contributed by atoms with Gasteiger partial charge in [0.15, 0.2) is 0 Å². The average molecular weight is 305 g/mol. The third-order valence-corrected chi connectivity index (χ3v) is 3.84. The maximum atomic E-state index is 12.0. The van der Waals surface area contributed by atoms with Crippen molar-refractivity contribution in [2.24, 2.45) is 0 Å². The maximum absolute atomic E-state index is 12.0. The molecule has 1 N–H and O–H groups in total. The molecule has 1 aliphatic heterocycles. The number of benzene rings is 1. The molecule has 6 heteroatoms. The van der Waals surface area contributed by atoms with Gasteiger partial charge in [0.25, 0.3) is 0 Å². The van der Waals surface area contributed by atoms with E-state index >= 15 is 0 Å². The van der Waals surface area contributed by atoms with E-state index in [2.05, 4.69) is 5.32 Å². The summed E-state index contributed by atoms with van der Waals surface area (Å²) in [6.07, 6.45) is 1.71. The summed E-state index contributed by atoms with van der Waals surface area (Å²) in [6.45, 7) is 3.60. The van der Waals surface area contributed by atoms with Gasteiger partial charge in [0.1, 0.15) is 5.75 Å². The van der Waals surface area contributed by atoms with Crippen molar-refractivity contribution in [1.29, 1.82) is 0 Å². The van der Waals surface area contributed by atoms with Crippen molar-refractivity contribution in [1.82, 2.24) is 15.1 Å². The SMILES string of the molecule is COc1ccc(CCNCC(=O)N2CCN(C=O)CC2)cc1. The molecular formula is C16H23N3O3.